The molecule has 7 heteroatoms. The van der Waals surface area contributed by atoms with Crippen molar-refractivity contribution in [2.75, 3.05) is 5.75 Å². The van der Waals surface area contributed by atoms with Gasteiger partial charge in [-0.1, -0.05) is 41.6 Å². The average Bonchev–Trinajstić information content (AvgIpc) is 2.80. The molecule has 0 atom stereocenters. The zero-order valence-corrected chi connectivity index (χ0v) is 12.1. The average molecular weight is 312 g/mol. The number of alkyl halides is 2. The number of rotatable bonds is 6. The summed E-state index contributed by atoms with van der Waals surface area (Å²) in [5, 5.41) is 13.0. The van der Waals surface area contributed by atoms with Crippen LogP contribution in [0, 0.1) is 6.92 Å². The first kappa shape index (κ1) is 15.5. The maximum Gasteiger partial charge on any atom is 0.313 e. The largest absolute Gasteiger partial charge is 0.481 e. The second kappa shape index (κ2) is 6.71. The summed E-state index contributed by atoms with van der Waals surface area (Å²) in [6.45, 7) is 2.27. The molecule has 0 radical (unpaired) electrons. The Morgan fingerprint density at radius 2 is 2.19 bits per heavy atom. The Balaban J connectivity index is 2.25. The van der Waals surface area contributed by atoms with Gasteiger partial charge in [-0.15, -0.1) is 0 Å². The van der Waals surface area contributed by atoms with E-state index in [0.29, 0.717) is 11.6 Å². The van der Waals surface area contributed by atoms with Crippen LogP contribution in [0.3, 0.4) is 0 Å². The van der Waals surface area contributed by atoms with E-state index in [1.807, 2.05) is 31.2 Å². The van der Waals surface area contributed by atoms with Crippen molar-refractivity contribution in [3.8, 4) is 0 Å². The van der Waals surface area contributed by atoms with Gasteiger partial charge in [0, 0.05) is 0 Å². The van der Waals surface area contributed by atoms with Crippen LogP contribution in [0.2, 0.25) is 0 Å². The minimum atomic E-state index is -2.67. The van der Waals surface area contributed by atoms with Gasteiger partial charge in [0.2, 0.25) is 0 Å². The van der Waals surface area contributed by atoms with Gasteiger partial charge in [-0.3, -0.25) is 9.48 Å². The monoisotopic (exact) mass is 312 g/mol. The molecule has 2 aromatic rings. The summed E-state index contributed by atoms with van der Waals surface area (Å²) in [5.41, 5.74) is 1.65. The minimum absolute atomic E-state index is 0.192. The molecule has 112 valence electrons. The normalized spacial score (nSPS) is 11.0. The molecule has 0 aliphatic heterocycles. The Morgan fingerprint density at radius 1 is 1.43 bits per heavy atom. The highest BCUT2D eigenvalue weighted by molar-refractivity contribution is 7.99. The molecule has 0 unspecified atom stereocenters. The van der Waals surface area contributed by atoms with Crippen molar-refractivity contribution in [3.63, 3.8) is 0 Å². The van der Waals surface area contributed by atoms with Gasteiger partial charge in [0.25, 0.3) is 6.43 Å². The van der Waals surface area contributed by atoms with Crippen LogP contribution < -0.4 is 0 Å². The lowest BCUT2D eigenvalue weighted by Gasteiger charge is -2.07. The molecule has 0 aliphatic carbocycles. The topological polar surface area (TPSA) is 55.1 Å². The smallest absolute Gasteiger partial charge is 0.313 e. The number of carboxylic acid groups (broad SMARTS) is 1. The maximum absolute atomic E-state index is 12.8. The van der Waals surface area contributed by atoms with Crippen LogP contribution in [0.5, 0.6) is 0 Å². The van der Waals surface area contributed by atoms with Gasteiger partial charge in [-0.2, -0.15) is 5.10 Å². The molecule has 0 spiro atoms. The Labute approximate surface area is 124 Å². The van der Waals surface area contributed by atoms with Gasteiger partial charge in [0.05, 0.1) is 17.3 Å². The predicted molar refractivity (Wildman–Crippen MR) is 75.8 cm³/mol. The number of thioether (sulfide) groups is 1. The molecule has 0 bridgehead atoms. The fraction of sp³-hybridized carbons (Fsp3) is 0.286. The molecule has 1 heterocycles. The third kappa shape index (κ3) is 4.29. The minimum Gasteiger partial charge on any atom is -0.481 e. The van der Waals surface area contributed by atoms with E-state index >= 15 is 0 Å². The maximum atomic E-state index is 12.8. The Morgan fingerprint density at radius 3 is 2.81 bits per heavy atom. The van der Waals surface area contributed by atoms with Crippen molar-refractivity contribution in [1.82, 2.24) is 9.78 Å². The van der Waals surface area contributed by atoms with E-state index in [-0.39, 0.29) is 11.4 Å². The van der Waals surface area contributed by atoms with Gasteiger partial charge in [0.1, 0.15) is 5.69 Å². The number of carboxylic acids is 1. The van der Waals surface area contributed by atoms with E-state index in [2.05, 4.69) is 5.10 Å². The van der Waals surface area contributed by atoms with Crippen molar-refractivity contribution < 1.29 is 18.7 Å². The molecule has 0 amide bonds. The molecule has 21 heavy (non-hydrogen) atoms. The number of nitrogens with zero attached hydrogens (tertiary/aromatic N) is 2. The van der Waals surface area contributed by atoms with E-state index in [1.54, 1.807) is 0 Å². The predicted octanol–water partition coefficient (Wildman–Crippen LogP) is 3.35. The molecule has 1 N–H and O–H groups in total. The molecule has 0 saturated carbocycles. The lowest BCUT2D eigenvalue weighted by Crippen LogP contribution is -2.06. The molecule has 1 aromatic heterocycles. The second-order valence-electron chi connectivity index (χ2n) is 4.54. The summed E-state index contributed by atoms with van der Waals surface area (Å²) in [6.07, 6.45) is -2.67. The summed E-state index contributed by atoms with van der Waals surface area (Å²) in [4.78, 5) is 10.6. The molecule has 0 aliphatic rings. The zero-order chi connectivity index (χ0) is 15.4. The zero-order valence-electron chi connectivity index (χ0n) is 11.3. The van der Waals surface area contributed by atoms with Crippen LogP contribution in [-0.4, -0.2) is 26.6 Å². The van der Waals surface area contributed by atoms with Crippen LogP contribution >= 0.6 is 11.8 Å². The van der Waals surface area contributed by atoms with E-state index in [4.69, 9.17) is 5.11 Å². The summed E-state index contributed by atoms with van der Waals surface area (Å²) in [7, 11) is 0. The van der Waals surface area contributed by atoms with E-state index in [0.717, 1.165) is 22.9 Å². The van der Waals surface area contributed by atoms with Crippen LogP contribution in [0.25, 0.3) is 0 Å². The highest BCUT2D eigenvalue weighted by Crippen LogP contribution is 2.25. The number of aliphatic carboxylic acids is 1. The number of carbonyl (C=O) groups is 1. The van der Waals surface area contributed by atoms with E-state index in [1.165, 1.54) is 10.7 Å². The molecular weight excluding hydrogens is 298 g/mol. The highest BCUT2D eigenvalue weighted by Gasteiger charge is 2.16. The van der Waals surface area contributed by atoms with Crippen molar-refractivity contribution in [3.05, 3.63) is 47.2 Å². The van der Waals surface area contributed by atoms with Crippen LogP contribution in [0.4, 0.5) is 8.78 Å². The number of hydrogen-bond donors (Lipinski definition) is 1. The first-order chi connectivity index (χ1) is 9.95. The SMILES string of the molecule is Cc1cccc(Cn2nc(C(F)F)cc2SCC(=O)O)c1. The van der Waals surface area contributed by atoms with Crippen LogP contribution in [0.15, 0.2) is 35.4 Å². The van der Waals surface area contributed by atoms with Gasteiger partial charge < -0.3 is 5.11 Å². The quantitative estimate of drug-likeness (QED) is 0.831. The van der Waals surface area contributed by atoms with Gasteiger partial charge in [-0.25, -0.2) is 8.78 Å². The number of hydrogen-bond acceptors (Lipinski definition) is 3. The van der Waals surface area contributed by atoms with Crippen molar-refractivity contribution in [2.45, 2.75) is 24.9 Å². The number of halogens is 2. The fourth-order valence-electron chi connectivity index (χ4n) is 1.87. The fourth-order valence-corrected chi connectivity index (χ4v) is 2.60. The molecule has 0 fully saturated rings. The summed E-state index contributed by atoms with van der Waals surface area (Å²) >= 11 is 0.984. The van der Waals surface area contributed by atoms with E-state index < -0.39 is 12.4 Å². The molecule has 4 nitrogen and oxygen atoms in total. The van der Waals surface area contributed by atoms with E-state index in [9.17, 15) is 13.6 Å². The molecular formula is C14H14F2N2O2S. The molecule has 0 saturated heterocycles. The number of aryl methyl sites for hydroxylation is 1. The van der Waals surface area contributed by atoms with Crippen LogP contribution in [-0.2, 0) is 11.3 Å². The first-order valence-electron chi connectivity index (χ1n) is 6.21. The van der Waals surface area contributed by atoms with Gasteiger partial charge >= 0.3 is 5.97 Å². The Hall–Kier alpha value is -1.89. The third-order valence-electron chi connectivity index (χ3n) is 2.74. The lowest BCUT2D eigenvalue weighted by atomic mass is 10.1. The third-order valence-corrected chi connectivity index (χ3v) is 3.76. The summed E-state index contributed by atoms with van der Waals surface area (Å²) in [5.74, 6) is -1.19. The Kier molecular flexibility index (Phi) is 4.95. The first-order valence-corrected chi connectivity index (χ1v) is 7.20. The number of benzene rings is 1. The van der Waals surface area contributed by atoms with Crippen molar-refractivity contribution in [2.24, 2.45) is 0 Å². The molecule has 2 rings (SSSR count). The van der Waals surface area contributed by atoms with Gasteiger partial charge in [-0.05, 0) is 18.6 Å². The van der Waals surface area contributed by atoms with Crippen molar-refractivity contribution >= 4 is 17.7 Å². The summed E-state index contributed by atoms with van der Waals surface area (Å²) < 4.78 is 26.9. The van der Waals surface area contributed by atoms with Crippen molar-refractivity contribution in [1.29, 1.82) is 0 Å². The Bertz CT molecular complexity index is 644. The highest BCUT2D eigenvalue weighted by atomic mass is 32.2. The molecule has 1 aromatic carbocycles. The standard InChI is InChI=1S/C14H14F2N2O2S/c1-9-3-2-4-10(5-9)7-18-12(21-8-13(19)20)6-11(17-18)14(15)16/h2-6,14H,7-8H2,1H3,(H,19,20). The van der Waals surface area contributed by atoms with Crippen LogP contribution in [0.1, 0.15) is 23.2 Å². The second-order valence-corrected chi connectivity index (χ2v) is 5.53. The van der Waals surface area contributed by atoms with Gasteiger partial charge in [0.15, 0.2) is 0 Å². The summed E-state index contributed by atoms with van der Waals surface area (Å²) in [6, 6.07) is 8.88. The lowest BCUT2D eigenvalue weighted by molar-refractivity contribution is -0.133. The number of aromatic nitrogens is 2.